The SMILES string of the molecule is C=CC(=O)N1CCN(c2cc(CC3(C(N)=O)CCCc4ccccc43)ncn2)C=C1CC#N. The number of aryl methyl sites for hydroxylation is 1. The number of benzene rings is 1. The van der Waals surface area contributed by atoms with Crippen LogP contribution in [0.3, 0.4) is 0 Å². The molecule has 0 saturated heterocycles. The molecule has 2 amide bonds. The molecule has 33 heavy (non-hydrogen) atoms. The van der Waals surface area contributed by atoms with Gasteiger partial charge in [0.2, 0.25) is 11.8 Å². The zero-order valence-electron chi connectivity index (χ0n) is 18.4. The van der Waals surface area contributed by atoms with Crippen molar-refractivity contribution in [2.75, 3.05) is 18.0 Å². The Morgan fingerprint density at radius 1 is 1.27 bits per heavy atom. The van der Waals surface area contributed by atoms with E-state index in [2.05, 4.69) is 28.7 Å². The summed E-state index contributed by atoms with van der Waals surface area (Å²) in [5.74, 6) is 0.0614. The van der Waals surface area contributed by atoms with Crippen molar-refractivity contribution in [2.24, 2.45) is 5.73 Å². The van der Waals surface area contributed by atoms with E-state index in [-0.39, 0.29) is 18.2 Å². The smallest absolute Gasteiger partial charge is 0.250 e. The molecule has 168 valence electrons. The molecule has 0 bridgehead atoms. The summed E-state index contributed by atoms with van der Waals surface area (Å²) in [5, 5.41) is 9.19. The lowest BCUT2D eigenvalue weighted by molar-refractivity contribution is -0.125. The number of allylic oxidation sites excluding steroid dienone is 1. The molecular formula is C25H26N6O2. The standard InChI is InChI=1S/C25H26N6O2/c1-2-23(32)31-13-12-30(16-20(31)9-11-26)22-14-19(28-17-29-22)15-25(24(27)33)10-5-7-18-6-3-4-8-21(18)25/h2-4,6,8,14,16-17H,1,5,7,9-10,12-13,15H2,(H2,27,33). The number of hydrogen-bond donors (Lipinski definition) is 1. The first-order valence-electron chi connectivity index (χ1n) is 11.0. The molecule has 2 aliphatic rings. The van der Waals surface area contributed by atoms with Crippen LogP contribution in [0.25, 0.3) is 0 Å². The van der Waals surface area contributed by atoms with Gasteiger partial charge in [0.15, 0.2) is 0 Å². The number of nitrogens with two attached hydrogens (primary N) is 1. The maximum atomic E-state index is 12.8. The van der Waals surface area contributed by atoms with Crippen molar-refractivity contribution in [3.8, 4) is 6.07 Å². The fourth-order valence-corrected chi connectivity index (χ4v) is 4.83. The van der Waals surface area contributed by atoms with Crippen molar-refractivity contribution >= 4 is 17.6 Å². The van der Waals surface area contributed by atoms with Crippen molar-refractivity contribution < 1.29 is 9.59 Å². The van der Waals surface area contributed by atoms with Gasteiger partial charge in [-0.25, -0.2) is 9.97 Å². The average Bonchev–Trinajstić information content (AvgIpc) is 2.84. The summed E-state index contributed by atoms with van der Waals surface area (Å²) < 4.78 is 0. The predicted molar refractivity (Wildman–Crippen MR) is 124 cm³/mol. The van der Waals surface area contributed by atoms with E-state index in [4.69, 9.17) is 5.73 Å². The number of carbonyl (C=O) groups excluding carboxylic acids is 2. The fourth-order valence-electron chi connectivity index (χ4n) is 4.83. The van der Waals surface area contributed by atoms with Gasteiger partial charge in [-0.05, 0) is 36.5 Å². The molecule has 2 N–H and O–H groups in total. The van der Waals surface area contributed by atoms with Crippen molar-refractivity contribution in [2.45, 2.75) is 37.5 Å². The van der Waals surface area contributed by atoms with Gasteiger partial charge in [-0.1, -0.05) is 30.8 Å². The molecule has 1 atom stereocenters. The second-order valence-corrected chi connectivity index (χ2v) is 8.34. The molecule has 0 fully saturated rings. The Labute approximate surface area is 193 Å². The zero-order chi connectivity index (χ0) is 23.4. The van der Waals surface area contributed by atoms with E-state index in [0.717, 1.165) is 29.7 Å². The molecule has 0 radical (unpaired) electrons. The summed E-state index contributed by atoms with van der Waals surface area (Å²) in [6.45, 7) is 4.46. The number of nitrogens with zero attached hydrogens (tertiary/aromatic N) is 5. The molecule has 2 aromatic rings. The largest absolute Gasteiger partial charge is 0.369 e. The van der Waals surface area contributed by atoms with E-state index in [1.165, 1.54) is 12.4 Å². The van der Waals surface area contributed by atoms with Crippen LogP contribution in [0.15, 0.2) is 61.2 Å². The maximum Gasteiger partial charge on any atom is 0.250 e. The Morgan fingerprint density at radius 3 is 2.85 bits per heavy atom. The third kappa shape index (κ3) is 4.22. The lowest BCUT2D eigenvalue weighted by atomic mass is 9.67. The second-order valence-electron chi connectivity index (χ2n) is 8.34. The number of aromatic nitrogens is 2. The number of fused-ring (bicyclic) bond motifs is 1. The third-order valence-electron chi connectivity index (χ3n) is 6.46. The number of hydrogen-bond acceptors (Lipinski definition) is 6. The van der Waals surface area contributed by atoms with Crippen LogP contribution < -0.4 is 10.6 Å². The normalized spacial score (nSPS) is 19.8. The quantitative estimate of drug-likeness (QED) is 0.687. The Morgan fingerprint density at radius 2 is 2.09 bits per heavy atom. The number of amides is 2. The van der Waals surface area contributed by atoms with Crippen LogP contribution in [0.5, 0.6) is 0 Å². The highest BCUT2D eigenvalue weighted by Crippen LogP contribution is 2.40. The van der Waals surface area contributed by atoms with Crippen molar-refractivity contribution in [3.05, 3.63) is 78.0 Å². The van der Waals surface area contributed by atoms with Crippen LogP contribution in [0, 0.1) is 11.3 Å². The topological polar surface area (TPSA) is 116 Å². The summed E-state index contributed by atoms with van der Waals surface area (Å²) in [6.07, 6.45) is 7.46. The van der Waals surface area contributed by atoms with Gasteiger partial charge in [0.25, 0.3) is 0 Å². The molecule has 0 spiro atoms. The van der Waals surface area contributed by atoms with Gasteiger partial charge < -0.3 is 15.5 Å². The Bertz CT molecular complexity index is 1170. The molecule has 4 rings (SSSR count). The van der Waals surface area contributed by atoms with E-state index in [1.807, 2.05) is 29.2 Å². The molecular weight excluding hydrogens is 416 g/mol. The van der Waals surface area contributed by atoms with Crippen LogP contribution in [-0.2, 0) is 27.8 Å². The van der Waals surface area contributed by atoms with Crippen molar-refractivity contribution in [1.29, 1.82) is 5.26 Å². The summed E-state index contributed by atoms with van der Waals surface area (Å²) in [5.41, 5.74) is 8.61. The van der Waals surface area contributed by atoms with Crippen LogP contribution in [0.4, 0.5) is 5.82 Å². The van der Waals surface area contributed by atoms with E-state index < -0.39 is 5.41 Å². The molecule has 2 heterocycles. The summed E-state index contributed by atoms with van der Waals surface area (Å²) in [7, 11) is 0. The number of carbonyl (C=O) groups is 2. The van der Waals surface area contributed by atoms with Gasteiger partial charge in [0, 0.05) is 37.5 Å². The third-order valence-corrected chi connectivity index (χ3v) is 6.46. The van der Waals surface area contributed by atoms with Crippen molar-refractivity contribution in [1.82, 2.24) is 14.9 Å². The van der Waals surface area contributed by atoms with Crippen molar-refractivity contribution in [3.63, 3.8) is 0 Å². The second kappa shape index (κ2) is 9.25. The fraction of sp³-hybridized carbons (Fsp3) is 0.320. The highest BCUT2D eigenvalue weighted by molar-refractivity contribution is 5.89. The first-order valence-corrected chi connectivity index (χ1v) is 11.0. The zero-order valence-corrected chi connectivity index (χ0v) is 18.4. The molecule has 1 aromatic heterocycles. The molecule has 8 nitrogen and oxygen atoms in total. The lowest BCUT2D eigenvalue weighted by Crippen LogP contribution is -2.45. The molecule has 1 aliphatic heterocycles. The van der Waals surface area contributed by atoms with E-state index in [9.17, 15) is 14.9 Å². The molecule has 1 aromatic carbocycles. The number of anilines is 1. The highest BCUT2D eigenvalue weighted by atomic mass is 16.2. The monoisotopic (exact) mass is 442 g/mol. The van der Waals surface area contributed by atoms with Gasteiger partial charge in [-0.2, -0.15) is 5.26 Å². The Balaban J connectivity index is 1.66. The maximum absolute atomic E-state index is 12.8. The van der Waals surface area contributed by atoms with Gasteiger partial charge in [-0.3, -0.25) is 9.59 Å². The first-order chi connectivity index (χ1) is 16.0. The van der Waals surface area contributed by atoms with E-state index in [1.54, 1.807) is 11.1 Å². The summed E-state index contributed by atoms with van der Waals surface area (Å²) in [6, 6.07) is 11.9. The molecule has 0 saturated carbocycles. The minimum Gasteiger partial charge on any atom is -0.369 e. The Hall–Kier alpha value is -3.99. The van der Waals surface area contributed by atoms with Gasteiger partial charge in [0.1, 0.15) is 12.1 Å². The summed E-state index contributed by atoms with van der Waals surface area (Å²) in [4.78, 5) is 37.2. The van der Waals surface area contributed by atoms with Gasteiger partial charge >= 0.3 is 0 Å². The number of primary amides is 1. The molecule has 8 heteroatoms. The molecule has 1 unspecified atom stereocenters. The summed E-state index contributed by atoms with van der Waals surface area (Å²) >= 11 is 0. The van der Waals surface area contributed by atoms with E-state index >= 15 is 0 Å². The molecule has 1 aliphatic carbocycles. The van der Waals surface area contributed by atoms with Crippen LogP contribution in [0.1, 0.15) is 36.1 Å². The first kappa shape index (κ1) is 22.2. The lowest BCUT2D eigenvalue weighted by Gasteiger charge is -2.36. The van der Waals surface area contributed by atoms with Crippen LogP contribution in [-0.4, -0.2) is 39.8 Å². The number of nitriles is 1. The van der Waals surface area contributed by atoms with Gasteiger partial charge in [-0.15, -0.1) is 0 Å². The van der Waals surface area contributed by atoms with Crippen LogP contribution >= 0.6 is 0 Å². The Kier molecular flexibility index (Phi) is 6.22. The van der Waals surface area contributed by atoms with Crippen LogP contribution in [0.2, 0.25) is 0 Å². The number of rotatable bonds is 6. The minimum atomic E-state index is -0.808. The highest BCUT2D eigenvalue weighted by Gasteiger charge is 2.42. The minimum absolute atomic E-state index is 0.0928. The van der Waals surface area contributed by atoms with E-state index in [0.29, 0.717) is 37.4 Å². The predicted octanol–water partition coefficient (Wildman–Crippen LogP) is 2.37. The van der Waals surface area contributed by atoms with Gasteiger partial charge in [0.05, 0.1) is 23.6 Å². The average molecular weight is 443 g/mol.